The highest BCUT2D eigenvalue weighted by atomic mass is 16.3. The molecule has 1 unspecified atom stereocenters. The van der Waals surface area contributed by atoms with Crippen molar-refractivity contribution < 1.29 is 9.90 Å². The largest absolute Gasteiger partial charge is 0.387 e. The van der Waals surface area contributed by atoms with Crippen LogP contribution >= 0.6 is 0 Å². The highest BCUT2D eigenvalue weighted by Crippen LogP contribution is 2.21. The fourth-order valence-corrected chi connectivity index (χ4v) is 2.49. The number of terminal acetylenes is 1. The van der Waals surface area contributed by atoms with E-state index in [2.05, 4.69) is 28.1 Å². The first-order valence-corrected chi connectivity index (χ1v) is 8.17. The van der Waals surface area contributed by atoms with Gasteiger partial charge in [0.2, 0.25) is 5.91 Å². The molecule has 0 bridgehead atoms. The third kappa shape index (κ3) is 6.39. The summed E-state index contributed by atoms with van der Waals surface area (Å²) in [6.45, 7) is 6.31. The van der Waals surface area contributed by atoms with E-state index in [-0.39, 0.29) is 23.5 Å². The Balaban J connectivity index is 0.00000134. The average Bonchev–Trinajstić information content (AvgIpc) is 2.64. The Kier molecular flexibility index (Phi) is 10.6. The average molecular weight is 348 g/mol. The summed E-state index contributed by atoms with van der Waals surface area (Å²) >= 11 is 0. The number of carbonyl (C=O) groups excluding carboxylic acids is 1. The minimum Gasteiger partial charge on any atom is -0.387 e. The van der Waals surface area contributed by atoms with Crippen molar-refractivity contribution in [2.75, 3.05) is 30.7 Å². The second-order valence-electron chi connectivity index (χ2n) is 5.09. The Morgan fingerprint density at radius 2 is 2.12 bits per heavy atom. The lowest BCUT2D eigenvalue weighted by atomic mass is 10.0. The van der Waals surface area contributed by atoms with Crippen LogP contribution in [0.4, 0.5) is 11.6 Å². The summed E-state index contributed by atoms with van der Waals surface area (Å²) in [5, 5.41) is 19.9. The van der Waals surface area contributed by atoms with Crippen LogP contribution in [0.1, 0.15) is 39.2 Å². The number of hydrogen-bond donors (Lipinski definition) is 4. The molecule has 2 rings (SSSR count). The van der Waals surface area contributed by atoms with Gasteiger partial charge in [0.25, 0.3) is 0 Å². The van der Waals surface area contributed by atoms with Gasteiger partial charge in [0, 0.05) is 24.8 Å². The quantitative estimate of drug-likeness (QED) is 0.477. The van der Waals surface area contributed by atoms with Crippen molar-refractivity contribution in [1.82, 2.24) is 14.9 Å². The maximum Gasteiger partial charge on any atom is 0.248 e. The number of carbonyl (C=O) groups is 1. The van der Waals surface area contributed by atoms with E-state index in [1.54, 1.807) is 11.8 Å². The summed E-state index contributed by atoms with van der Waals surface area (Å²) in [6, 6.07) is 0.0154. The molecule has 8 nitrogen and oxygen atoms in total. The standard InChI is InChI=1S/C13H20N6O2.C2H6.C2H2/c1-8(14)11-12(15)16-7-17-13(11)18-9-3-2-4-19(5-9)10(21)6-20;2*1-2/h7,9,14,20H,2-6H2,1H3,(H3,15,16,17,18);1-2H3;1-2H. The van der Waals surface area contributed by atoms with Crippen LogP contribution in [0.25, 0.3) is 0 Å². The Bertz CT molecular complexity index is 588. The molecule has 2 heterocycles. The van der Waals surface area contributed by atoms with E-state index in [0.717, 1.165) is 12.8 Å². The van der Waals surface area contributed by atoms with Crippen molar-refractivity contribution in [3.05, 3.63) is 11.9 Å². The molecule has 1 aromatic heterocycles. The number of hydrogen-bond acceptors (Lipinski definition) is 7. The zero-order valence-corrected chi connectivity index (χ0v) is 15.1. The monoisotopic (exact) mass is 348 g/mol. The molecule has 1 amide bonds. The van der Waals surface area contributed by atoms with Crippen molar-refractivity contribution in [1.29, 1.82) is 5.41 Å². The SMILES string of the molecule is C#C.CC.CC(=N)c1c(N)ncnc1NC1CCCN(C(=O)CO)C1. The molecule has 0 aromatic carbocycles. The molecule has 25 heavy (non-hydrogen) atoms. The smallest absolute Gasteiger partial charge is 0.248 e. The number of nitrogens with two attached hydrogens (primary N) is 1. The topological polar surface area (TPSA) is 128 Å². The number of amides is 1. The molecule has 1 atom stereocenters. The van der Waals surface area contributed by atoms with Crippen LogP contribution in [0, 0.1) is 18.3 Å². The Labute approximate surface area is 149 Å². The van der Waals surface area contributed by atoms with E-state index in [0.29, 0.717) is 24.5 Å². The molecular weight excluding hydrogens is 320 g/mol. The zero-order valence-electron chi connectivity index (χ0n) is 15.1. The summed E-state index contributed by atoms with van der Waals surface area (Å²) in [5.41, 5.74) is 6.57. The van der Waals surface area contributed by atoms with E-state index >= 15 is 0 Å². The molecule has 0 spiro atoms. The van der Waals surface area contributed by atoms with E-state index < -0.39 is 6.61 Å². The fourth-order valence-electron chi connectivity index (χ4n) is 2.49. The molecular formula is C17H28N6O2. The van der Waals surface area contributed by atoms with Crippen LogP contribution in [0.3, 0.4) is 0 Å². The Hall–Kier alpha value is -2.66. The van der Waals surface area contributed by atoms with Gasteiger partial charge in [0.05, 0.1) is 5.56 Å². The predicted molar refractivity (Wildman–Crippen MR) is 100 cm³/mol. The minimum absolute atomic E-state index is 0.0154. The van der Waals surface area contributed by atoms with Crippen molar-refractivity contribution in [3.63, 3.8) is 0 Å². The van der Waals surface area contributed by atoms with Gasteiger partial charge in [-0.15, -0.1) is 12.8 Å². The molecule has 0 aliphatic carbocycles. The highest BCUT2D eigenvalue weighted by molar-refractivity contribution is 6.04. The second-order valence-corrected chi connectivity index (χ2v) is 5.09. The Morgan fingerprint density at radius 3 is 2.68 bits per heavy atom. The van der Waals surface area contributed by atoms with Gasteiger partial charge in [-0.2, -0.15) is 0 Å². The van der Waals surface area contributed by atoms with Crippen LogP contribution in [0.5, 0.6) is 0 Å². The number of nitrogens with one attached hydrogen (secondary N) is 2. The summed E-state index contributed by atoms with van der Waals surface area (Å²) in [6.07, 6.45) is 11.1. The molecule has 8 heteroatoms. The van der Waals surface area contributed by atoms with Crippen molar-refractivity contribution in [2.24, 2.45) is 0 Å². The molecule has 1 fully saturated rings. The highest BCUT2D eigenvalue weighted by Gasteiger charge is 2.24. The lowest BCUT2D eigenvalue weighted by Gasteiger charge is -2.33. The lowest BCUT2D eigenvalue weighted by Crippen LogP contribution is -2.46. The minimum atomic E-state index is -0.474. The second kappa shape index (κ2) is 11.8. The van der Waals surface area contributed by atoms with E-state index in [9.17, 15) is 4.79 Å². The third-order valence-corrected chi connectivity index (χ3v) is 3.50. The van der Waals surface area contributed by atoms with Crippen LogP contribution in [0.2, 0.25) is 0 Å². The predicted octanol–water partition coefficient (Wildman–Crippen LogP) is 1.12. The maximum atomic E-state index is 11.6. The molecule has 1 saturated heterocycles. The molecule has 1 aliphatic heterocycles. The van der Waals surface area contributed by atoms with Gasteiger partial charge in [0.15, 0.2) is 0 Å². The molecule has 1 aliphatic rings. The van der Waals surface area contributed by atoms with Crippen LogP contribution in [-0.2, 0) is 4.79 Å². The first-order valence-electron chi connectivity index (χ1n) is 8.17. The van der Waals surface area contributed by atoms with E-state index in [4.69, 9.17) is 16.2 Å². The van der Waals surface area contributed by atoms with Gasteiger partial charge in [0.1, 0.15) is 24.6 Å². The number of anilines is 2. The van der Waals surface area contributed by atoms with Gasteiger partial charge in [-0.25, -0.2) is 9.97 Å². The van der Waals surface area contributed by atoms with Crippen LogP contribution < -0.4 is 11.1 Å². The van der Waals surface area contributed by atoms with Gasteiger partial charge in [-0.05, 0) is 19.8 Å². The number of rotatable bonds is 4. The zero-order chi connectivity index (χ0) is 19.4. The van der Waals surface area contributed by atoms with Crippen LogP contribution in [-0.4, -0.2) is 57.3 Å². The summed E-state index contributed by atoms with van der Waals surface area (Å²) in [7, 11) is 0. The van der Waals surface area contributed by atoms with E-state index in [1.165, 1.54) is 6.33 Å². The first-order chi connectivity index (χ1) is 12.0. The third-order valence-electron chi connectivity index (χ3n) is 3.50. The lowest BCUT2D eigenvalue weighted by molar-refractivity contribution is -0.135. The fraction of sp³-hybridized carbons (Fsp3) is 0.529. The molecule has 1 aromatic rings. The molecule has 138 valence electrons. The summed E-state index contributed by atoms with van der Waals surface area (Å²) in [4.78, 5) is 21.2. The number of aromatic nitrogens is 2. The molecule has 0 radical (unpaired) electrons. The van der Waals surface area contributed by atoms with Crippen molar-refractivity contribution in [3.8, 4) is 12.8 Å². The van der Waals surface area contributed by atoms with Crippen molar-refractivity contribution >= 4 is 23.3 Å². The van der Waals surface area contributed by atoms with Gasteiger partial charge < -0.3 is 26.5 Å². The number of aliphatic hydroxyl groups is 1. The van der Waals surface area contributed by atoms with Crippen LogP contribution in [0.15, 0.2) is 6.33 Å². The first kappa shape index (κ1) is 22.3. The van der Waals surface area contributed by atoms with E-state index in [1.807, 2.05) is 13.8 Å². The van der Waals surface area contributed by atoms with Gasteiger partial charge >= 0.3 is 0 Å². The van der Waals surface area contributed by atoms with Gasteiger partial charge in [-0.1, -0.05) is 13.8 Å². The molecule has 5 N–H and O–H groups in total. The number of nitrogen functional groups attached to an aromatic ring is 1. The summed E-state index contributed by atoms with van der Waals surface area (Å²) in [5.74, 6) is 0.504. The number of likely N-dealkylation sites (tertiary alicyclic amines) is 1. The normalized spacial score (nSPS) is 15.8. The summed E-state index contributed by atoms with van der Waals surface area (Å²) < 4.78 is 0. The number of aliphatic hydroxyl groups excluding tert-OH is 1. The number of piperidine rings is 1. The number of nitrogens with zero attached hydrogens (tertiary/aromatic N) is 3. The van der Waals surface area contributed by atoms with Gasteiger partial charge in [-0.3, -0.25) is 4.79 Å². The Morgan fingerprint density at radius 1 is 1.48 bits per heavy atom. The van der Waals surface area contributed by atoms with Crippen molar-refractivity contribution in [2.45, 2.75) is 39.7 Å². The maximum absolute atomic E-state index is 11.6. The molecule has 0 saturated carbocycles.